The van der Waals surface area contributed by atoms with Crippen LogP contribution < -0.4 is 10.5 Å². The Morgan fingerprint density at radius 2 is 1.72 bits per heavy atom. The number of aromatic amines is 1. The summed E-state index contributed by atoms with van der Waals surface area (Å²) in [6, 6.07) is 17.2. The number of hydrogen-bond donors (Lipinski definition) is 2. The molecule has 2 N–H and O–H groups in total. The van der Waals surface area contributed by atoms with E-state index in [9.17, 15) is 9.90 Å². The fourth-order valence-electron chi connectivity index (χ4n) is 3.57. The van der Waals surface area contributed by atoms with Crippen LogP contribution in [0.3, 0.4) is 0 Å². The molecule has 1 saturated heterocycles. The second-order valence-electron chi connectivity index (χ2n) is 6.59. The highest BCUT2D eigenvalue weighted by Gasteiger charge is 2.27. The Morgan fingerprint density at radius 1 is 1.04 bits per heavy atom. The number of piperidine rings is 1. The van der Waals surface area contributed by atoms with Crippen LogP contribution in [0.15, 0.2) is 59.4 Å². The van der Waals surface area contributed by atoms with Crippen molar-refractivity contribution in [3.8, 4) is 0 Å². The van der Waals surface area contributed by atoms with E-state index in [2.05, 4.69) is 14.9 Å². The van der Waals surface area contributed by atoms with Crippen molar-refractivity contribution in [1.29, 1.82) is 0 Å². The van der Waals surface area contributed by atoms with Crippen molar-refractivity contribution in [1.82, 2.24) is 9.97 Å². The molecule has 2 heterocycles. The number of para-hydroxylation sites is 1. The number of aromatic nitrogens is 2. The van der Waals surface area contributed by atoms with Gasteiger partial charge in [-0.2, -0.15) is 0 Å². The molecular formula is C20H21N3O2. The summed E-state index contributed by atoms with van der Waals surface area (Å²) < 4.78 is 0. The van der Waals surface area contributed by atoms with Crippen molar-refractivity contribution < 1.29 is 5.11 Å². The van der Waals surface area contributed by atoms with Crippen molar-refractivity contribution in [2.24, 2.45) is 5.92 Å². The monoisotopic (exact) mass is 335 g/mol. The van der Waals surface area contributed by atoms with Gasteiger partial charge in [-0.25, -0.2) is 4.98 Å². The third-order valence-electron chi connectivity index (χ3n) is 5.03. The van der Waals surface area contributed by atoms with Crippen molar-refractivity contribution in [3.05, 3.63) is 70.5 Å². The summed E-state index contributed by atoms with van der Waals surface area (Å²) in [6.45, 7) is 1.55. The van der Waals surface area contributed by atoms with E-state index in [1.54, 1.807) is 6.07 Å². The highest BCUT2D eigenvalue weighted by Crippen LogP contribution is 2.31. The van der Waals surface area contributed by atoms with Gasteiger partial charge in [0.05, 0.1) is 17.0 Å². The molecule has 1 unspecified atom stereocenters. The van der Waals surface area contributed by atoms with Gasteiger partial charge in [-0.15, -0.1) is 0 Å². The number of benzene rings is 2. The average molecular weight is 335 g/mol. The van der Waals surface area contributed by atoms with Gasteiger partial charge in [-0.3, -0.25) is 9.78 Å². The molecule has 25 heavy (non-hydrogen) atoms. The molecule has 0 aliphatic carbocycles. The van der Waals surface area contributed by atoms with Crippen LogP contribution in [0.2, 0.25) is 0 Å². The average Bonchev–Trinajstić information content (AvgIpc) is 2.68. The summed E-state index contributed by atoms with van der Waals surface area (Å²) >= 11 is 0. The number of hydrogen-bond acceptors (Lipinski definition) is 4. The molecule has 0 saturated carbocycles. The van der Waals surface area contributed by atoms with E-state index < -0.39 is 6.10 Å². The number of fused-ring (bicyclic) bond motifs is 1. The number of nitrogens with zero attached hydrogens (tertiary/aromatic N) is 2. The zero-order valence-corrected chi connectivity index (χ0v) is 13.9. The minimum absolute atomic E-state index is 0.105. The van der Waals surface area contributed by atoms with E-state index in [1.165, 1.54) is 0 Å². The minimum atomic E-state index is -0.438. The van der Waals surface area contributed by atoms with Gasteiger partial charge in [0.15, 0.2) is 0 Å². The lowest BCUT2D eigenvalue weighted by molar-refractivity contribution is 0.0928. The number of H-pyrrole nitrogens is 1. The highest BCUT2D eigenvalue weighted by molar-refractivity contribution is 5.78. The van der Waals surface area contributed by atoms with Gasteiger partial charge in [-0.1, -0.05) is 42.5 Å². The molecule has 0 spiro atoms. The maximum absolute atomic E-state index is 12.2. The smallest absolute Gasteiger partial charge is 0.260 e. The first kappa shape index (κ1) is 15.8. The first-order chi connectivity index (χ1) is 12.2. The molecule has 5 nitrogen and oxygen atoms in total. The van der Waals surface area contributed by atoms with Crippen molar-refractivity contribution in [2.75, 3.05) is 18.0 Å². The first-order valence-electron chi connectivity index (χ1n) is 8.69. The number of rotatable bonds is 3. The van der Waals surface area contributed by atoms with Crippen LogP contribution in [-0.2, 0) is 0 Å². The molecule has 1 fully saturated rings. The third kappa shape index (κ3) is 3.15. The van der Waals surface area contributed by atoms with Crippen molar-refractivity contribution in [3.63, 3.8) is 0 Å². The lowest BCUT2D eigenvalue weighted by atomic mass is 9.87. The van der Waals surface area contributed by atoms with Crippen LogP contribution in [0.25, 0.3) is 10.9 Å². The van der Waals surface area contributed by atoms with E-state index in [1.807, 2.05) is 48.5 Å². The molecule has 128 valence electrons. The maximum atomic E-state index is 12.2. The lowest BCUT2D eigenvalue weighted by Gasteiger charge is -2.34. The van der Waals surface area contributed by atoms with E-state index in [0.717, 1.165) is 31.5 Å². The van der Waals surface area contributed by atoms with Gasteiger partial charge in [0.25, 0.3) is 5.56 Å². The number of nitrogens with one attached hydrogen (secondary N) is 1. The van der Waals surface area contributed by atoms with E-state index in [-0.39, 0.29) is 11.5 Å². The second-order valence-corrected chi connectivity index (χ2v) is 6.59. The van der Waals surface area contributed by atoms with Crippen molar-refractivity contribution >= 4 is 16.9 Å². The quantitative estimate of drug-likeness (QED) is 0.772. The Kier molecular flexibility index (Phi) is 4.24. The van der Waals surface area contributed by atoms with E-state index in [4.69, 9.17) is 0 Å². The Balaban J connectivity index is 1.50. The molecule has 0 bridgehead atoms. The van der Waals surface area contributed by atoms with Gasteiger partial charge < -0.3 is 10.0 Å². The van der Waals surface area contributed by atoms with Crippen molar-refractivity contribution in [2.45, 2.75) is 18.9 Å². The summed E-state index contributed by atoms with van der Waals surface area (Å²) in [6.07, 6.45) is 1.30. The minimum Gasteiger partial charge on any atom is -0.388 e. The fourth-order valence-corrected chi connectivity index (χ4v) is 3.57. The summed E-state index contributed by atoms with van der Waals surface area (Å²) in [5.74, 6) is 0.849. The lowest BCUT2D eigenvalue weighted by Crippen LogP contribution is -2.37. The molecule has 0 amide bonds. The summed E-state index contributed by atoms with van der Waals surface area (Å²) in [5, 5.41) is 11.2. The van der Waals surface area contributed by atoms with E-state index in [0.29, 0.717) is 16.9 Å². The largest absolute Gasteiger partial charge is 0.388 e. The SMILES string of the molecule is O=c1[nH]c(N2CCC(C(O)c3ccccc3)CC2)nc2ccccc12. The molecule has 5 heteroatoms. The first-order valence-corrected chi connectivity index (χ1v) is 8.69. The zero-order valence-electron chi connectivity index (χ0n) is 13.9. The normalized spacial score (nSPS) is 16.9. The zero-order chi connectivity index (χ0) is 17.2. The van der Waals surface area contributed by atoms with Gasteiger partial charge in [0.2, 0.25) is 5.95 Å². The fraction of sp³-hybridized carbons (Fsp3) is 0.300. The summed E-state index contributed by atoms with van der Waals surface area (Å²) in [5.41, 5.74) is 1.58. The Hall–Kier alpha value is -2.66. The molecule has 1 atom stereocenters. The maximum Gasteiger partial charge on any atom is 0.260 e. The number of aliphatic hydroxyl groups is 1. The second kappa shape index (κ2) is 6.69. The molecule has 4 rings (SSSR count). The topological polar surface area (TPSA) is 69.2 Å². The van der Waals surface area contributed by atoms with Gasteiger partial charge in [0, 0.05) is 13.1 Å². The Morgan fingerprint density at radius 3 is 2.48 bits per heavy atom. The Bertz CT molecular complexity index is 915. The molecule has 1 aromatic heterocycles. The number of anilines is 1. The Labute approximate surface area is 146 Å². The van der Waals surface area contributed by atoms with Crippen LogP contribution in [0.5, 0.6) is 0 Å². The van der Waals surface area contributed by atoms with Crippen LogP contribution >= 0.6 is 0 Å². The molecular weight excluding hydrogens is 314 g/mol. The van der Waals surface area contributed by atoms with Crippen LogP contribution in [0.4, 0.5) is 5.95 Å². The van der Waals surface area contributed by atoms with Gasteiger partial charge in [0.1, 0.15) is 0 Å². The van der Waals surface area contributed by atoms with Gasteiger partial charge in [-0.05, 0) is 36.5 Å². The molecule has 0 radical (unpaired) electrons. The summed E-state index contributed by atoms with van der Waals surface area (Å²) in [7, 11) is 0. The predicted molar refractivity (Wildman–Crippen MR) is 98.7 cm³/mol. The van der Waals surface area contributed by atoms with E-state index >= 15 is 0 Å². The van der Waals surface area contributed by atoms with Crippen LogP contribution in [-0.4, -0.2) is 28.2 Å². The van der Waals surface area contributed by atoms with Crippen LogP contribution in [0, 0.1) is 5.92 Å². The number of aliphatic hydroxyl groups excluding tert-OH is 1. The molecule has 2 aromatic carbocycles. The van der Waals surface area contributed by atoms with Crippen LogP contribution in [0.1, 0.15) is 24.5 Å². The summed E-state index contributed by atoms with van der Waals surface area (Å²) in [4.78, 5) is 21.8. The molecule has 1 aliphatic rings. The predicted octanol–water partition coefficient (Wildman–Crippen LogP) is 2.87. The standard InChI is InChI=1S/C20H21N3O2/c24-18(14-6-2-1-3-7-14)15-10-12-23(13-11-15)20-21-17-9-5-4-8-16(17)19(25)22-20/h1-9,15,18,24H,10-13H2,(H,21,22,25). The third-order valence-corrected chi connectivity index (χ3v) is 5.03. The molecule has 1 aliphatic heterocycles. The molecule has 3 aromatic rings. The highest BCUT2D eigenvalue weighted by atomic mass is 16.3. The van der Waals surface area contributed by atoms with Gasteiger partial charge >= 0.3 is 0 Å².